The van der Waals surface area contributed by atoms with E-state index in [0.717, 1.165) is 15.6 Å². The summed E-state index contributed by atoms with van der Waals surface area (Å²) in [5, 5.41) is 3.42. The summed E-state index contributed by atoms with van der Waals surface area (Å²) in [6.45, 7) is 1.58. The van der Waals surface area contributed by atoms with Gasteiger partial charge in [-0.25, -0.2) is 8.42 Å². The largest absolute Gasteiger partial charge is 0.497 e. The van der Waals surface area contributed by atoms with Gasteiger partial charge in [-0.15, -0.1) is 0 Å². The van der Waals surface area contributed by atoms with Gasteiger partial charge in [-0.1, -0.05) is 48.9 Å². The number of carbonyl (C=O) groups is 1. The molecule has 0 aliphatic heterocycles. The van der Waals surface area contributed by atoms with E-state index < -0.39 is 15.9 Å². The maximum absolute atomic E-state index is 13.3. The maximum atomic E-state index is 13.3. The zero-order chi connectivity index (χ0) is 23.1. The van der Waals surface area contributed by atoms with Crippen LogP contribution in [0.25, 0.3) is 0 Å². The summed E-state index contributed by atoms with van der Waals surface area (Å²) < 4.78 is 33.0. The molecule has 1 unspecified atom stereocenters. The molecule has 0 saturated heterocycles. The number of nitrogens with zero attached hydrogens (tertiary/aromatic N) is 1. The van der Waals surface area contributed by atoms with E-state index in [4.69, 9.17) is 16.3 Å². The average molecular weight is 473 g/mol. The van der Waals surface area contributed by atoms with Crippen LogP contribution in [-0.4, -0.2) is 28.0 Å². The van der Waals surface area contributed by atoms with Crippen molar-refractivity contribution in [1.82, 2.24) is 5.32 Å². The number of methoxy groups -OCH3 is 1. The molecule has 3 aromatic rings. The van der Waals surface area contributed by atoms with E-state index in [2.05, 4.69) is 5.32 Å². The summed E-state index contributed by atoms with van der Waals surface area (Å²) in [5.41, 5.74) is 1.26. The van der Waals surface area contributed by atoms with Gasteiger partial charge in [0.25, 0.3) is 10.0 Å². The quantitative estimate of drug-likeness (QED) is 0.484. The Bertz CT molecular complexity index is 1130. The van der Waals surface area contributed by atoms with Crippen LogP contribution in [0.4, 0.5) is 5.69 Å². The Morgan fingerprint density at radius 1 is 1.00 bits per heavy atom. The van der Waals surface area contributed by atoms with Crippen molar-refractivity contribution >= 4 is 33.2 Å². The van der Waals surface area contributed by atoms with Crippen LogP contribution >= 0.6 is 11.6 Å². The molecular formula is C24H25ClN2O4S. The first kappa shape index (κ1) is 23.6. The van der Waals surface area contributed by atoms with Gasteiger partial charge >= 0.3 is 0 Å². The highest BCUT2D eigenvalue weighted by atomic mass is 35.5. The Labute approximate surface area is 193 Å². The molecular weight excluding hydrogens is 448 g/mol. The molecule has 3 aromatic carbocycles. The lowest BCUT2D eigenvalue weighted by atomic mass is 10.0. The highest BCUT2D eigenvalue weighted by molar-refractivity contribution is 7.92. The van der Waals surface area contributed by atoms with Crippen molar-refractivity contribution in [2.24, 2.45) is 0 Å². The number of sulfonamides is 1. The number of nitrogens with one attached hydrogen (secondary N) is 1. The highest BCUT2D eigenvalue weighted by Gasteiger charge is 2.27. The number of halogens is 1. The lowest BCUT2D eigenvalue weighted by Crippen LogP contribution is -2.42. The van der Waals surface area contributed by atoms with Gasteiger partial charge in [0, 0.05) is 5.02 Å². The maximum Gasteiger partial charge on any atom is 0.264 e. The van der Waals surface area contributed by atoms with Crippen LogP contribution in [0.5, 0.6) is 5.75 Å². The molecule has 0 heterocycles. The van der Waals surface area contributed by atoms with Gasteiger partial charge in [-0.2, -0.15) is 0 Å². The number of benzene rings is 3. The molecule has 3 rings (SSSR count). The Kier molecular flexibility index (Phi) is 7.77. The first-order valence-electron chi connectivity index (χ1n) is 10.1. The Balaban J connectivity index is 1.86. The van der Waals surface area contributed by atoms with E-state index in [1.54, 1.807) is 49.6 Å². The first-order valence-corrected chi connectivity index (χ1v) is 11.9. The van der Waals surface area contributed by atoms with E-state index in [1.807, 2.05) is 31.2 Å². The van der Waals surface area contributed by atoms with Gasteiger partial charge < -0.3 is 10.1 Å². The van der Waals surface area contributed by atoms with Crippen molar-refractivity contribution in [3.05, 3.63) is 89.4 Å². The second-order valence-electron chi connectivity index (χ2n) is 7.10. The number of amides is 1. The molecule has 0 radical (unpaired) electrons. The van der Waals surface area contributed by atoms with Gasteiger partial charge in [0.05, 0.1) is 23.7 Å². The van der Waals surface area contributed by atoms with E-state index in [-0.39, 0.29) is 17.5 Å². The van der Waals surface area contributed by atoms with E-state index in [9.17, 15) is 13.2 Å². The number of ether oxygens (including phenoxy) is 1. The van der Waals surface area contributed by atoms with Crippen LogP contribution in [-0.2, 0) is 14.8 Å². The molecule has 0 aliphatic carbocycles. The lowest BCUT2D eigenvalue weighted by molar-refractivity contribution is -0.120. The fourth-order valence-corrected chi connectivity index (χ4v) is 4.84. The predicted molar refractivity (Wildman–Crippen MR) is 127 cm³/mol. The van der Waals surface area contributed by atoms with Crippen molar-refractivity contribution < 1.29 is 17.9 Å². The van der Waals surface area contributed by atoms with Crippen molar-refractivity contribution in [3.8, 4) is 5.75 Å². The zero-order valence-corrected chi connectivity index (χ0v) is 19.4. The number of rotatable bonds is 9. The number of hydrogen-bond donors (Lipinski definition) is 1. The van der Waals surface area contributed by atoms with Gasteiger partial charge in [-0.05, 0) is 60.5 Å². The third kappa shape index (κ3) is 5.60. The average Bonchev–Trinajstić information content (AvgIpc) is 2.82. The minimum absolute atomic E-state index is 0.102. The molecule has 0 aromatic heterocycles. The fourth-order valence-electron chi connectivity index (χ4n) is 3.27. The molecule has 6 nitrogen and oxygen atoms in total. The monoisotopic (exact) mass is 472 g/mol. The molecule has 0 fully saturated rings. The fraction of sp³-hybridized carbons (Fsp3) is 0.208. The second kappa shape index (κ2) is 10.5. The molecule has 168 valence electrons. The van der Waals surface area contributed by atoms with Crippen LogP contribution in [0.2, 0.25) is 5.02 Å². The standard InChI is InChI=1S/C24H25ClN2O4S/c1-3-23(18-9-15-21(31-2)16-10-18)26-24(28)17-27(20-13-11-19(25)12-14-20)32(29,30)22-7-5-4-6-8-22/h4-16,23H,3,17H2,1-2H3,(H,26,28). The molecule has 1 N–H and O–H groups in total. The van der Waals surface area contributed by atoms with Gasteiger partial charge in [0.2, 0.25) is 5.91 Å². The number of carbonyl (C=O) groups excluding carboxylic acids is 1. The topological polar surface area (TPSA) is 75.7 Å². The van der Waals surface area contributed by atoms with Crippen molar-refractivity contribution in [2.75, 3.05) is 18.0 Å². The molecule has 0 saturated carbocycles. The Morgan fingerprint density at radius 3 is 2.19 bits per heavy atom. The molecule has 1 atom stereocenters. The lowest BCUT2D eigenvalue weighted by Gasteiger charge is -2.26. The predicted octanol–water partition coefficient (Wildman–Crippen LogP) is 4.81. The third-order valence-electron chi connectivity index (χ3n) is 4.99. The SMILES string of the molecule is CCC(NC(=O)CN(c1ccc(Cl)cc1)S(=O)(=O)c1ccccc1)c1ccc(OC)cc1. The zero-order valence-electron chi connectivity index (χ0n) is 17.9. The number of anilines is 1. The molecule has 8 heteroatoms. The molecule has 32 heavy (non-hydrogen) atoms. The Hall–Kier alpha value is -3.03. The molecule has 1 amide bonds. The van der Waals surface area contributed by atoms with E-state index in [1.165, 1.54) is 12.1 Å². The Morgan fingerprint density at radius 2 is 1.62 bits per heavy atom. The third-order valence-corrected chi connectivity index (χ3v) is 7.03. The van der Waals surface area contributed by atoms with Crippen LogP contribution in [0.3, 0.4) is 0 Å². The van der Waals surface area contributed by atoms with Crippen molar-refractivity contribution in [1.29, 1.82) is 0 Å². The second-order valence-corrected chi connectivity index (χ2v) is 9.40. The summed E-state index contributed by atoms with van der Waals surface area (Å²) >= 11 is 5.97. The van der Waals surface area contributed by atoms with Crippen LogP contribution in [0.15, 0.2) is 83.8 Å². The van der Waals surface area contributed by atoms with Crippen LogP contribution in [0, 0.1) is 0 Å². The van der Waals surface area contributed by atoms with Crippen LogP contribution in [0.1, 0.15) is 24.9 Å². The summed E-state index contributed by atoms with van der Waals surface area (Å²) in [5.74, 6) is 0.305. The summed E-state index contributed by atoms with van der Waals surface area (Å²) in [7, 11) is -2.38. The smallest absolute Gasteiger partial charge is 0.264 e. The highest BCUT2D eigenvalue weighted by Crippen LogP contribution is 2.26. The van der Waals surface area contributed by atoms with E-state index >= 15 is 0 Å². The summed E-state index contributed by atoms with van der Waals surface area (Å²) in [4.78, 5) is 13.1. The molecule has 0 spiro atoms. The number of hydrogen-bond acceptors (Lipinski definition) is 4. The van der Waals surface area contributed by atoms with Gasteiger partial charge in [0.15, 0.2) is 0 Å². The summed E-state index contributed by atoms with van der Waals surface area (Å²) in [6.07, 6.45) is 0.643. The summed E-state index contributed by atoms with van der Waals surface area (Å²) in [6, 6.07) is 21.5. The van der Waals surface area contributed by atoms with Gasteiger partial charge in [0.1, 0.15) is 12.3 Å². The van der Waals surface area contributed by atoms with E-state index in [0.29, 0.717) is 17.1 Å². The minimum Gasteiger partial charge on any atom is -0.497 e. The first-order chi connectivity index (χ1) is 15.3. The van der Waals surface area contributed by atoms with Crippen molar-refractivity contribution in [2.45, 2.75) is 24.3 Å². The normalized spacial score (nSPS) is 12.1. The van der Waals surface area contributed by atoms with Crippen molar-refractivity contribution in [3.63, 3.8) is 0 Å². The van der Waals surface area contributed by atoms with Gasteiger partial charge in [-0.3, -0.25) is 9.10 Å². The molecule has 0 bridgehead atoms. The minimum atomic E-state index is -3.97. The molecule has 0 aliphatic rings. The van der Waals surface area contributed by atoms with Crippen LogP contribution < -0.4 is 14.4 Å².